The summed E-state index contributed by atoms with van der Waals surface area (Å²) in [5, 5.41) is 11.1. The summed E-state index contributed by atoms with van der Waals surface area (Å²) in [6.45, 7) is 0.912. The van der Waals surface area contributed by atoms with Crippen molar-refractivity contribution in [1.82, 2.24) is 9.55 Å². The molecule has 0 saturated heterocycles. The number of benzene rings is 1. The zero-order valence-corrected chi connectivity index (χ0v) is 11.2. The number of hydrogen-bond donors (Lipinski definition) is 2. The average molecular weight is 273 g/mol. The van der Waals surface area contributed by atoms with Gasteiger partial charge in [0.1, 0.15) is 5.52 Å². The van der Waals surface area contributed by atoms with Crippen molar-refractivity contribution in [2.45, 2.75) is 13.0 Å². The smallest absolute Gasteiger partial charge is 0.151 e. The molecule has 19 heavy (non-hydrogen) atoms. The van der Waals surface area contributed by atoms with Crippen LogP contribution >= 0.6 is 11.3 Å². The number of thiophene rings is 1. The van der Waals surface area contributed by atoms with E-state index in [0.717, 1.165) is 28.3 Å². The van der Waals surface area contributed by atoms with Crippen LogP contribution in [0.5, 0.6) is 0 Å². The lowest BCUT2D eigenvalue weighted by Crippen LogP contribution is -2.01. The van der Waals surface area contributed by atoms with Gasteiger partial charge in [0.15, 0.2) is 5.82 Å². The van der Waals surface area contributed by atoms with E-state index in [4.69, 9.17) is 10.8 Å². The molecule has 3 aromatic rings. The number of anilines is 1. The summed E-state index contributed by atoms with van der Waals surface area (Å²) in [7, 11) is 0. The Morgan fingerprint density at radius 3 is 2.89 bits per heavy atom. The number of nitrogens with zero attached hydrogens (tertiary/aromatic N) is 2. The monoisotopic (exact) mass is 273 g/mol. The summed E-state index contributed by atoms with van der Waals surface area (Å²) in [5.74, 6) is 0.927. The number of para-hydroxylation sites is 1. The molecular weight excluding hydrogens is 258 g/mol. The molecule has 4 nitrogen and oxygen atoms in total. The molecule has 0 saturated carbocycles. The number of rotatable bonds is 4. The van der Waals surface area contributed by atoms with Gasteiger partial charge < -0.3 is 15.4 Å². The molecule has 3 rings (SSSR count). The van der Waals surface area contributed by atoms with E-state index in [2.05, 4.69) is 15.6 Å². The highest BCUT2D eigenvalue weighted by atomic mass is 32.1. The molecule has 5 heteroatoms. The maximum absolute atomic E-state index is 9.06. The Balaban J connectivity index is 2.22. The van der Waals surface area contributed by atoms with Gasteiger partial charge >= 0.3 is 0 Å². The number of fused-ring (bicyclic) bond motifs is 1. The van der Waals surface area contributed by atoms with Crippen LogP contribution in [0.3, 0.4) is 0 Å². The van der Waals surface area contributed by atoms with Crippen LogP contribution in [0.4, 0.5) is 5.69 Å². The van der Waals surface area contributed by atoms with Crippen LogP contribution in [0.15, 0.2) is 35.7 Å². The maximum Gasteiger partial charge on any atom is 0.151 e. The van der Waals surface area contributed by atoms with Crippen molar-refractivity contribution in [3.05, 3.63) is 35.7 Å². The fourth-order valence-corrected chi connectivity index (χ4v) is 2.94. The molecule has 0 aliphatic rings. The van der Waals surface area contributed by atoms with Gasteiger partial charge in [-0.1, -0.05) is 12.1 Å². The van der Waals surface area contributed by atoms with Crippen molar-refractivity contribution in [1.29, 1.82) is 0 Å². The minimum Gasteiger partial charge on any atom is -0.397 e. The number of aliphatic hydroxyl groups excluding tert-OH is 1. The molecule has 0 amide bonds. The molecule has 2 aromatic heterocycles. The summed E-state index contributed by atoms with van der Waals surface area (Å²) in [6.07, 6.45) is 0.707. The molecule has 0 aliphatic carbocycles. The fraction of sp³-hybridized carbons (Fsp3) is 0.214. The van der Waals surface area contributed by atoms with E-state index < -0.39 is 0 Å². The van der Waals surface area contributed by atoms with Crippen molar-refractivity contribution in [2.75, 3.05) is 12.3 Å². The first-order chi connectivity index (χ1) is 9.31. The van der Waals surface area contributed by atoms with Crippen molar-refractivity contribution in [3.8, 4) is 10.7 Å². The third-order valence-corrected chi connectivity index (χ3v) is 3.96. The highest BCUT2D eigenvalue weighted by molar-refractivity contribution is 7.13. The minimum absolute atomic E-state index is 0.172. The molecule has 98 valence electrons. The van der Waals surface area contributed by atoms with Crippen LogP contribution in [-0.2, 0) is 6.54 Å². The molecule has 2 heterocycles. The standard InChI is InChI=1S/C14H15N3OS/c15-10-4-1-5-11-13(10)16-14(12-6-2-9-19-12)17(11)7-3-8-18/h1-2,4-6,9,18H,3,7-8,15H2. The third-order valence-electron chi connectivity index (χ3n) is 3.09. The summed E-state index contributed by atoms with van der Waals surface area (Å²) in [4.78, 5) is 5.79. The van der Waals surface area contributed by atoms with Crippen molar-refractivity contribution in [3.63, 3.8) is 0 Å². The van der Waals surface area contributed by atoms with Gasteiger partial charge in [-0.25, -0.2) is 4.98 Å². The highest BCUT2D eigenvalue weighted by Gasteiger charge is 2.14. The lowest BCUT2D eigenvalue weighted by Gasteiger charge is -2.06. The van der Waals surface area contributed by atoms with E-state index in [-0.39, 0.29) is 6.61 Å². The largest absolute Gasteiger partial charge is 0.397 e. The topological polar surface area (TPSA) is 64.1 Å². The predicted molar refractivity (Wildman–Crippen MR) is 79.2 cm³/mol. The van der Waals surface area contributed by atoms with Crippen LogP contribution < -0.4 is 5.73 Å². The number of aromatic nitrogens is 2. The zero-order chi connectivity index (χ0) is 13.2. The van der Waals surface area contributed by atoms with E-state index in [9.17, 15) is 0 Å². The molecule has 0 spiro atoms. The second-order valence-corrected chi connectivity index (χ2v) is 5.30. The summed E-state index contributed by atoms with van der Waals surface area (Å²) >= 11 is 1.66. The van der Waals surface area contributed by atoms with Gasteiger partial charge in [0.05, 0.1) is 16.1 Å². The van der Waals surface area contributed by atoms with Crippen LogP contribution in [0.25, 0.3) is 21.7 Å². The van der Waals surface area contributed by atoms with Crippen molar-refractivity contribution < 1.29 is 5.11 Å². The summed E-state index contributed by atoms with van der Waals surface area (Å²) < 4.78 is 2.13. The Morgan fingerprint density at radius 2 is 2.16 bits per heavy atom. The second-order valence-electron chi connectivity index (χ2n) is 4.36. The number of aliphatic hydroxyl groups is 1. The fourth-order valence-electron chi connectivity index (χ4n) is 2.22. The molecule has 0 aliphatic heterocycles. The minimum atomic E-state index is 0.172. The normalized spacial score (nSPS) is 11.2. The van der Waals surface area contributed by atoms with Crippen LogP contribution in [0, 0.1) is 0 Å². The third kappa shape index (κ3) is 2.11. The Hall–Kier alpha value is -1.85. The van der Waals surface area contributed by atoms with E-state index in [1.807, 2.05) is 29.6 Å². The van der Waals surface area contributed by atoms with E-state index in [1.165, 1.54) is 0 Å². The van der Waals surface area contributed by atoms with Gasteiger partial charge in [-0.15, -0.1) is 11.3 Å². The van der Waals surface area contributed by atoms with Gasteiger partial charge in [0.25, 0.3) is 0 Å². The second kappa shape index (κ2) is 5.03. The molecule has 1 aromatic carbocycles. The average Bonchev–Trinajstić information content (AvgIpc) is 3.04. The molecule has 0 unspecified atom stereocenters. The van der Waals surface area contributed by atoms with E-state index >= 15 is 0 Å². The number of aryl methyl sites for hydroxylation is 1. The van der Waals surface area contributed by atoms with Gasteiger partial charge in [-0.05, 0) is 30.0 Å². The van der Waals surface area contributed by atoms with Crippen LogP contribution in [-0.4, -0.2) is 21.3 Å². The molecule has 0 bridgehead atoms. The number of nitrogens with two attached hydrogens (primary N) is 1. The SMILES string of the molecule is Nc1cccc2c1nc(-c1cccs1)n2CCCO. The highest BCUT2D eigenvalue weighted by Crippen LogP contribution is 2.30. The molecule has 3 N–H and O–H groups in total. The number of imidazole rings is 1. The molecule has 0 radical (unpaired) electrons. The first-order valence-electron chi connectivity index (χ1n) is 6.20. The summed E-state index contributed by atoms with van der Waals surface area (Å²) in [5.41, 5.74) is 8.55. The van der Waals surface area contributed by atoms with Crippen molar-refractivity contribution >= 4 is 28.1 Å². The number of hydrogen-bond acceptors (Lipinski definition) is 4. The van der Waals surface area contributed by atoms with Gasteiger partial charge in [0.2, 0.25) is 0 Å². The summed E-state index contributed by atoms with van der Waals surface area (Å²) in [6, 6.07) is 9.89. The molecular formula is C14H15N3OS. The lowest BCUT2D eigenvalue weighted by atomic mass is 10.2. The molecule has 0 atom stereocenters. The number of nitrogen functional groups attached to an aromatic ring is 1. The Bertz CT molecular complexity index is 688. The van der Waals surface area contributed by atoms with Crippen LogP contribution in [0.2, 0.25) is 0 Å². The maximum atomic E-state index is 9.06. The Labute approximate surface area is 115 Å². The Kier molecular flexibility index (Phi) is 3.23. The Morgan fingerprint density at radius 1 is 1.26 bits per heavy atom. The van der Waals surface area contributed by atoms with Gasteiger partial charge in [-0.2, -0.15) is 0 Å². The molecule has 0 fully saturated rings. The van der Waals surface area contributed by atoms with E-state index in [1.54, 1.807) is 11.3 Å². The van der Waals surface area contributed by atoms with Gasteiger partial charge in [0, 0.05) is 13.2 Å². The van der Waals surface area contributed by atoms with Crippen LogP contribution in [0.1, 0.15) is 6.42 Å². The zero-order valence-electron chi connectivity index (χ0n) is 10.4. The predicted octanol–water partition coefficient (Wildman–Crippen LogP) is 2.73. The quantitative estimate of drug-likeness (QED) is 0.718. The van der Waals surface area contributed by atoms with Gasteiger partial charge in [-0.3, -0.25) is 0 Å². The lowest BCUT2D eigenvalue weighted by molar-refractivity contribution is 0.281. The first-order valence-corrected chi connectivity index (χ1v) is 7.08. The van der Waals surface area contributed by atoms with E-state index in [0.29, 0.717) is 12.1 Å². The van der Waals surface area contributed by atoms with Crippen molar-refractivity contribution in [2.24, 2.45) is 0 Å². The first kappa shape index (κ1) is 12.2.